The number of nitriles is 1. The second kappa shape index (κ2) is 9.23. The second-order valence-corrected chi connectivity index (χ2v) is 5.64. The topological polar surface area (TPSA) is 88.4 Å². The first-order valence-corrected chi connectivity index (χ1v) is 8.19. The number of hydrogen-bond acceptors (Lipinski definition) is 5. The molecule has 0 aliphatic rings. The number of ether oxygens (including phenoxy) is 2. The van der Waals surface area contributed by atoms with Crippen molar-refractivity contribution in [2.75, 3.05) is 11.9 Å². The maximum atomic E-state index is 12.1. The van der Waals surface area contributed by atoms with Crippen LogP contribution in [0.3, 0.4) is 0 Å². The number of esters is 1. The van der Waals surface area contributed by atoms with Gasteiger partial charge in [-0.05, 0) is 37.6 Å². The molecule has 1 amide bonds. The molecule has 0 spiro atoms. The highest BCUT2D eigenvalue weighted by molar-refractivity contribution is 5.96. The Morgan fingerprint density at radius 3 is 2.58 bits per heavy atom. The molecule has 2 aromatic carbocycles. The molecular formula is C20H20N2O4. The maximum absolute atomic E-state index is 12.1. The number of rotatable bonds is 7. The van der Waals surface area contributed by atoms with Crippen LogP contribution in [0.15, 0.2) is 48.5 Å². The van der Waals surface area contributed by atoms with E-state index in [-0.39, 0.29) is 13.0 Å². The lowest BCUT2D eigenvalue weighted by molar-refractivity contribution is -0.153. The van der Waals surface area contributed by atoms with Gasteiger partial charge in [-0.2, -0.15) is 5.26 Å². The highest BCUT2D eigenvalue weighted by Crippen LogP contribution is 2.16. The molecule has 0 saturated heterocycles. The molecule has 134 valence electrons. The lowest BCUT2D eigenvalue weighted by atomic mass is 10.2. The van der Waals surface area contributed by atoms with Crippen molar-refractivity contribution in [2.45, 2.75) is 26.4 Å². The van der Waals surface area contributed by atoms with E-state index < -0.39 is 18.0 Å². The number of carbonyl (C=O) groups excluding carboxylic acids is 2. The molecule has 0 saturated carbocycles. The van der Waals surface area contributed by atoms with Gasteiger partial charge in [0.05, 0.1) is 24.3 Å². The minimum Gasteiger partial charge on any atom is -0.493 e. The first-order valence-electron chi connectivity index (χ1n) is 8.19. The van der Waals surface area contributed by atoms with Crippen LogP contribution in [0.5, 0.6) is 5.75 Å². The molecule has 0 radical (unpaired) electrons. The van der Waals surface area contributed by atoms with E-state index in [2.05, 4.69) is 5.32 Å². The van der Waals surface area contributed by atoms with Gasteiger partial charge in [-0.3, -0.25) is 9.59 Å². The zero-order valence-electron chi connectivity index (χ0n) is 14.7. The SMILES string of the molecule is Cc1ccccc1OCCC(=O)O[C@@H](C)C(=O)Nc1ccccc1C#N. The predicted molar refractivity (Wildman–Crippen MR) is 96.6 cm³/mol. The van der Waals surface area contributed by atoms with Gasteiger partial charge in [0.25, 0.3) is 5.91 Å². The Bertz CT molecular complexity index is 827. The van der Waals surface area contributed by atoms with E-state index >= 15 is 0 Å². The molecule has 2 aromatic rings. The molecule has 0 aromatic heterocycles. The Labute approximate surface area is 152 Å². The zero-order valence-corrected chi connectivity index (χ0v) is 14.7. The number of aryl methyl sites for hydroxylation is 1. The Hall–Kier alpha value is -3.33. The first-order chi connectivity index (χ1) is 12.5. The van der Waals surface area contributed by atoms with Gasteiger partial charge in [-0.15, -0.1) is 0 Å². The third kappa shape index (κ3) is 5.35. The van der Waals surface area contributed by atoms with Crippen molar-refractivity contribution in [3.05, 3.63) is 59.7 Å². The number of benzene rings is 2. The highest BCUT2D eigenvalue weighted by Gasteiger charge is 2.19. The summed E-state index contributed by atoms with van der Waals surface area (Å²) in [5.41, 5.74) is 1.70. The average Bonchev–Trinajstić information content (AvgIpc) is 2.63. The lowest BCUT2D eigenvalue weighted by Gasteiger charge is -2.14. The van der Waals surface area contributed by atoms with Crippen LogP contribution in [0.25, 0.3) is 0 Å². The van der Waals surface area contributed by atoms with Crippen LogP contribution in [-0.2, 0) is 14.3 Å². The van der Waals surface area contributed by atoms with Gasteiger partial charge in [0, 0.05) is 0 Å². The van der Waals surface area contributed by atoms with Gasteiger partial charge in [-0.1, -0.05) is 30.3 Å². The van der Waals surface area contributed by atoms with Crippen molar-refractivity contribution in [1.29, 1.82) is 5.26 Å². The van der Waals surface area contributed by atoms with E-state index in [4.69, 9.17) is 14.7 Å². The van der Waals surface area contributed by atoms with Crippen LogP contribution in [-0.4, -0.2) is 24.6 Å². The van der Waals surface area contributed by atoms with Crippen molar-refractivity contribution < 1.29 is 19.1 Å². The Balaban J connectivity index is 1.80. The molecule has 0 heterocycles. The number of nitrogens with zero attached hydrogens (tertiary/aromatic N) is 1. The Kier molecular flexibility index (Phi) is 6.75. The fraction of sp³-hybridized carbons (Fsp3) is 0.250. The van der Waals surface area contributed by atoms with E-state index in [1.807, 2.05) is 37.3 Å². The van der Waals surface area contributed by atoms with Crippen LogP contribution in [0, 0.1) is 18.3 Å². The number of para-hydroxylation sites is 2. The van der Waals surface area contributed by atoms with Crippen molar-refractivity contribution in [3.63, 3.8) is 0 Å². The van der Waals surface area contributed by atoms with E-state index in [9.17, 15) is 9.59 Å². The zero-order chi connectivity index (χ0) is 18.9. The second-order valence-electron chi connectivity index (χ2n) is 5.64. The minimum absolute atomic E-state index is 0.0285. The number of carbonyl (C=O) groups is 2. The fourth-order valence-corrected chi connectivity index (χ4v) is 2.20. The normalized spacial score (nSPS) is 11.1. The molecular weight excluding hydrogens is 332 g/mol. The first kappa shape index (κ1) is 19.0. The van der Waals surface area contributed by atoms with Crippen molar-refractivity contribution in [2.24, 2.45) is 0 Å². The van der Waals surface area contributed by atoms with Gasteiger partial charge >= 0.3 is 5.97 Å². The van der Waals surface area contributed by atoms with Crippen LogP contribution >= 0.6 is 0 Å². The molecule has 1 atom stereocenters. The van der Waals surface area contributed by atoms with Gasteiger partial charge in [0.2, 0.25) is 0 Å². The highest BCUT2D eigenvalue weighted by atomic mass is 16.5. The summed E-state index contributed by atoms with van der Waals surface area (Å²) in [5.74, 6) is -0.324. The van der Waals surface area contributed by atoms with Crippen molar-refractivity contribution in [1.82, 2.24) is 0 Å². The third-order valence-electron chi connectivity index (χ3n) is 3.64. The van der Waals surface area contributed by atoms with Gasteiger partial charge in [0.15, 0.2) is 6.10 Å². The van der Waals surface area contributed by atoms with E-state index in [1.54, 1.807) is 24.3 Å². The average molecular weight is 352 g/mol. The van der Waals surface area contributed by atoms with E-state index in [0.717, 1.165) is 5.56 Å². The number of hydrogen-bond donors (Lipinski definition) is 1. The predicted octanol–water partition coefficient (Wildman–Crippen LogP) is 3.21. The molecule has 0 aliphatic carbocycles. The number of anilines is 1. The minimum atomic E-state index is -0.979. The molecule has 0 fully saturated rings. The molecule has 6 heteroatoms. The molecule has 0 unspecified atom stereocenters. The smallest absolute Gasteiger partial charge is 0.310 e. The van der Waals surface area contributed by atoms with Crippen molar-refractivity contribution in [3.8, 4) is 11.8 Å². The Morgan fingerprint density at radius 2 is 1.85 bits per heavy atom. The van der Waals surface area contributed by atoms with Crippen LogP contribution in [0.2, 0.25) is 0 Å². The molecule has 0 aliphatic heterocycles. The summed E-state index contributed by atoms with van der Waals surface area (Å²) in [6.45, 7) is 3.55. The standard InChI is InChI=1S/C20H20N2O4/c1-14-7-3-6-10-18(14)25-12-11-19(23)26-15(2)20(24)22-17-9-5-4-8-16(17)13-21/h3-10,15H,11-12H2,1-2H3,(H,22,24)/t15-/m0/s1. The van der Waals surface area contributed by atoms with Gasteiger partial charge in [-0.25, -0.2) is 0 Å². The number of nitrogens with one attached hydrogen (secondary N) is 1. The summed E-state index contributed by atoms with van der Waals surface area (Å²) in [7, 11) is 0. The molecule has 2 rings (SSSR count). The number of amides is 1. The van der Waals surface area contributed by atoms with Crippen LogP contribution in [0.4, 0.5) is 5.69 Å². The monoisotopic (exact) mass is 352 g/mol. The summed E-state index contributed by atoms with van der Waals surface area (Å²) < 4.78 is 10.7. The summed E-state index contributed by atoms with van der Waals surface area (Å²) >= 11 is 0. The third-order valence-corrected chi connectivity index (χ3v) is 3.64. The van der Waals surface area contributed by atoms with Crippen LogP contribution < -0.4 is 10.1 Å². The summed E-state index contributed by atoms with van der Waals surface area (Å²) in [5, 5.41) is 11.6. The molecule has 26 heavy (non-hydrogen) atoms. The molecule has 1 N–H and O–H groups in total. The Morgan fingerprint density at radius 1 is 1.15 bits per heavy atom. The summed E-state index contributed by atoms with van der Waals surface area (Å²) in [6.07, 6.45) is -0.950. The van der Waals surface area contributed by atoms with Crippen molar-refractivity contribution >= 4 is 17.6 Å². The quantitative estimate of drug-likeness (QED) is 0.773. The molecule has 6 nitrogen and oxygen atoms in total. The van der Waals surface area contributed by atoms with Crippen LogP contribution in [0.1, 0.15) is 24.5 Å². The lowest BCUT2D eigenvalue weighted by Crippen LogP contribution is -2.30. The van der Waals surface area contributed by atoms with E-state index in [0.29, 0.717) is 17.0 Å². The van der Waals surface area contributed by atoms with E-state index in [1.165, 1.54) is 6.92 Å². The van der Waals surface area contributed by atoms with Gasteiger partial charge in [0.1, 0.15) is 11.8 Å². The summed E-state index contributed by atoms with van der Waals surface area (Å²) in [6, 6.07) is 16.1. The summed E-state index contributed by atoms with van der Waals surface area (Å²) in [4.78, 5) is 24.0. The maximum Gasteiger partial charge on any atom is 0.310 e. The van der Waals surface area contributed by atoms with Gasteiger partial charge < -0.3 is 14.8 Å². The largest absolute Gasteiger partial charge is 0.493 e. The fourth-order valence-electron chi connectivity index (χ4n) is 2.20. The molecule has 0 bridgehead atoms.